The summed E-state index contributed by atoms with van der Waals surface area (Å²) in [4.78, 5) is 0. The predicted octanol–water partition coefficient (Wildman–Crippen LogP) is 1.78. The third-order valence-corrected chi connectivity index (χ3v) is 3.65. The summed E-state index contributed by atoms with van der Waals surface area (Å²) in [6, 6.07) is 7.61. The Bertz CT molecular complexity index is 341. The van der Waals surface area contributed by atoms with Crippen LogP contribution in [0.15, 0.2) is 24.3 Å². The second-order valence-electron chi connectivity index (χ2n) is 3.28. The zero-order valence-corrected chi connectivity index (χ0v) is 10.3. The molecule has 0 amide bonds. The molecule has 4 heteroatoms. The highest BCUT2D eigenvalue weighted by Gasteiger charge is 2.36. The Balaban J connectivity index is 3.20. The van der Waals surface area contributed by atoms with Gasteiger partial charge >= 0.3 is 0 Å². The smallest absolute Gasteiger partial charge is 0.274 e. The van der Waals surface area contributed by atoms with Gasteiger partial charge in [0, 0.05) is 26.0 Å². The average Bonchev–Trinajstić information content (AvgIpc) is 2.22. The van der Waals surface area contributed by atoms with E-state index in [1.165, 1.54) is 14.2 Å². The van der Waals surface area contributed by atoms with Crippen LogP contribution in [0.5, 0.6) is 0 Å². The van der Waals surface area contributed by atoms with Gasteiger partial charge in [-0.15, -0.1) is 0 Å². The first-order valence-corrected chi connectivity index (χ1v) is 6.13. The van der Waals surface area contributed by atoms with Crippen molar-refractivity contribution in [3.63, 3.8) is 0 Å². The highest BCUT2D eigenvalue weighted by atomic mass is 32.2. The second kappa shape index (κ2) is 4.88. The molecule has 0 heterocycles. The van der Waals surface area contributed by atoms with Gasteiger partial charge in [-0.05, 0) is 6.92 Å². The Morgan fingerprint density at radius 3 is 1.93 bits per heavy atom. The molecular weight excluding hydrogens is 212 g/mol. The number of benzene rings is 1. The minimum Gasteiger partial charge on any atom is -0.339 e. The normalized spacial score (nSPS) is 13.9. The van der Waals surface area contributed by atoms with Gasteiger partial charge in [0.05, 0.1) is 10.8 Å². The molecule has 15 heavy (non-hydrogen) atoms. The average molecular weight is 228 g/mol. The number of methoxy groups -OCH3 is 2. The Hall–Kier alpha value is -0.710. The lowest BCUT2D eigenvalue weighted by molar-refractivity contribution is -0.144. The van der Waals surface area contributed by atoms with Crippen LogP contribution in [0.3, 0.4) is 0 Å². The molecule has 0 bridgehead atoms. The molecule has 0 saturated carbocycles. The molecule has 1 unspecified atom stereocenters. The molecule has 0 aliphatic rings. The Morgan fingerprint density at radius 1 is 1.13 bits per heavy atom. The van der Waals surface area contributed by atoms with Crippen LogP contribution in [0.4, 0.5) is 0 Å². The Labute approximate surface area is 92.9 Å². The molecule has 3 nitrogen and oxygen atoms in total. The summed E-state index contributed by atoms with van der Waals surface area (Å²) in [5.74, 6) is 0. The van der Waals surface area contributed by atoms with Crippen molar-refractivity contribution < 1.29 is 13.7 Å². The van der Waals surface area contributed by atoms with Gasteiger partial charge in [0.25, 0.3) is 5.12 Å². The minimum absolute atomic E-state index is 0.763. The van der Waals surface area contributed by atoms with Crippen LogP contribution >= 0.6 is 0 Å². The predicted molar refractivity (Wildman–Crippen MR) is 60.9 cm³/mol. The summed E-state index contributed by atoms with van der Waals surface area (Å²) >= 11 is 0. The molecule has 1 aromatic rings. The first kappa shape index (κ1) is 12.4. The second-order valence-corrected chi connectivity index (χ2v) is 4.73. The van der Waals surface area contributed by atoms with Gasteiger partial charge in [-0.25, -0.2) is 0 Å². The lowest BCUT2D eigenvalue weighted by atomic mass is 10.1. The lowest BCUT2D eigenvalue weighted by Gasteiger charge is -2.28. The summed E-state index contributed by atoms with van der Waals surface area (Å²) < 4.78 is 22.2. The van der Waals surface area contributed by atoms with Gasteiger partial charge < -0.3 is 9.47 Å². The largest absolute Gasteiger partial charge is 0.339 e. The summed E-state index contributed by atoms with van der Waals surface area (Å²) in [6.45, 7) is 1.99. The fourth-order valence-electron chi connectivity index (χ4n) is 1.48. The zero-order valence-electron chi connectivity index (χ0n) is 9.44. The van der Waals surface area contributed by atoms with Crippen molar-refractivity contribution in [2.75, 3.05) is 20.5 Å². The lowest BCUT2D eigenvalue weighted by Crippen LogP contribution is -2.35. The van der Waals surface area contributed by atoms with Crippen LogP contribution in [-0.4, -0.2) is 24.7 Å². The Kier molecular flexibility index (Phi) is 4.02. The number of aryl methyl sites for hydroxylation is 1. The van der Waals surface area contributed by atoms with E-state index in [0.717, 1.165) is 11.1 Å². The van der Waals surface area contributed by atoms with Crippen LogP contribution in [0, 0.1) is 6.92 Å². The minimum atomic E-state index is -1.26. The topological polar surface area (TPSA) is 35.5 Å². The fourth-order valence-corrected chi connectivity index (χ4v) is 2.41. The maximum Gasteiger partial charge on any atom is 0.274 e. The third-order valence-electron chi connectivity index (χ3n) is 2.32. The van der Waals surface area contributed by atoms with Crippen LogP contribution in [0.25, 0.3) is 0 Å². The van der Waals surface area contributed by atoms with Crippen molar-refractivity contribution in [1.29, 1.82) is 0 Å². The maximum absolute atomic E-state index is 11.7. The number of hydrogen-bond donors (Lipinski definition) is 0. The molecule has 84 valence electrons. The molecule has 0 aliphatic heterocycles. The molecular formula is C11H16O3S. The summed E-state index contributed by atoms with van der Waals surface area (Å²) in [6.07, 6.45) is 1.56. The number of rotatable bonds is 4. The van der Waals surface area contributed by atoms with E-state index >= 15 is 0 Å². The standard InChI is InChI=1S/C11H16O3S/c1-9-5-7-10(8-6-9)11(13-2,14-3)15(4)12/h5-8H,1-4H3. The van der Waals surface area contributed by atoms with Gasteiger partial charge in [-0.1, -0.05) is 29.8 Å². The molecule has 1 atom stereocenters. The molecule has 0 saturated heterocycles. The number of hydrogen-bond acceptors (Lipinski definition) is 3. The van der Waals surface area contributed by atoms with E-state index in [-0.39, 0.29) is 0 Å². The molecule has 0 spiro atoms. The SMILES string of the molecule is COC(OC)(c1ccc(C)cc1)S(C)=O. The van der Waals surface area contributed by atoms with Crippen LogP contribution in [0.2, 0.25) is 0 Å². The highest BCUT2D eigenvalue weighted by Crippen LogP contribution is 2.29. The van der Waals surface area contributed by atoms with Crippen molar-refractivity contribution in [3.8, 4) is 0 Å². The van der Waals surface area contributed by atoms with Gasteiger partial charge in [-0.3, -0.25) is 4.21 Å². The summed E-state index contributed by atoms with van der Waals surface area (Å²) in [5.41, 5.74) is 1.90. The maximum atomic E-state index is 11.7. The van der Waals surface area contributed by atoms with E-state index in [9.17, 15) is 4.21 Å². The molecule has 0 fully saturated rings. The molecule has 0 radical (unpaired) electrons. The van der Waals surface area contributed by atoms with Crippen LogP contribution in [-0.2, 0) is 25.4 Å². The van der Waals surface area contributed by atoms with E-state index in [2.05, 4.69) is 0 Å². The van der Waals surface area contributed by atoms with Crippen LogP contribution in [0.1, 0.15) is 11.1 Å². The monoisotopic (exact) mass is 228 g/mol. The first-order chi connectivity index (χ1) is 7.06. The molecule has 0 N–H and O–H groups in total. The van der Waals surface area contributed by atoms with E-state index in [0.29, 0.717) is 0 Å². The van der Waals surface area contributed by atoms with Crippen molar-refractivity contribution in [1.82, 2.24) is 0 Å². The summed E-state index contributed by atoms with van der Waals surface area (Å²) in [5, 5.41) is -1.16. The fraction of sp³-hybridized carbons (Fsp3) is 0.455. The quantitative estimate of drug-likeness (QED) is 0.737. The van der Waals surface area contributed by atoms with E-state index < -0.39 is 15.9 Å². The van der Waals surface area contributed by atoms with Gasteiger partial charge in [0.1, 0.15) is 0 Å². The van der Waals surface area contributed by atoms with Crippen molar-refractivity contribution in [2.45, 2.75) is 12.0 Å². The van der Waals surface area contributed by atoms with Crippen molar-refractivity contribution >= 4 is 10.8 Å². The molecule has 0 aliphatic carbocycles. The number of ether oxygens (including phenoxy) is 2. The van der Waals surface area contributed by atoms with Crippen molar-refractivity contribution in [3.05, 3.63) is 35.4 Å². The van der Waals surface area contributed by atoms with E-state index in [1.807, 2.05) is 31.2 Å². The Morgan fingerprint density at radius 2 is 1.60 bits per heavy atom. The third kappa shape index (κ3) is 2.27. The molecule has 0 aromatic heterocycles. The van der Waals surface area contributed by atoms with Gasteiger partial charge in [-0.2, -0.15) is 0 Å². The van der Waals surface area contributed by atoms with Crippen molar-refractivity contribution in [2.24, 2.45) is 0 Å². The summed E-state index contributed by atoms with van der Waals surface area (Å²) in [7, 11) is 1.72. The van der Waals surface area contributed by atoms with Gasteiger partial charge in [0.15, 0.2) is 0 Å². The molecule has 1 rings (SSSR count). The zero-order chi connectivity index (χ0) is 11.5. The van der Waals surface area contributed by atoms with E-state index in [4.69, 9.17) is 9.47 Å². The van der Waals surface area contributed by atoms with Gasteiger partial charge in [0.2, 0.25) is 0 Å². The van der Waals surface area contributed by atoms with Crippen LogP contribution < -0.4 is 0 Å². The first-order valence-electron chi connectivity index (χ1n) is 4.58. The highest BCUT2D eigenvalue weighted by molar-refractivity contribution is 7.84. The van der Waals surface area contributed by atoms with E-state index in [1.54, 1.807) is 6.26 Å². The molecule has 1 aromatic carbocycles.